The maximum atomic E-state index is 2.55. The standard InChI is InChI=1S/C10H19N/c1-3-6-11(2)9-7-10(8-9)4-5-10/h9H,3-8H2,1-2H3. The van der Waals surface area contributed by atoms with Crippen LogP contribution < -0.4 is 0 Å². The lowest BCUT2D eigenvalue weighted by Gasteiger charge is -2.42. The van der Waals surface area contributed by atoms with Crippen molar-refractivity contribution >= 4 is 0 Å². The second-order valence-electron chi connectivity index (χ2n) is 4.54. The van der Waals surface area contributed by atoms with Crippen molar-refractivity contribution in [3.8, 4) is 0 Å². The number of hydrogen-bond acceptors (Lipinski definition) is 1. The lowest BCUT2D eigenvalue weighted by Crippen LogP contribution is -2.43. The van der Waals surface area contributed by atoms with E-state index in [9.17, 15) is 0 Å². The third-order valence-electron chi connectivity index (χ3n) is 3.49. The number of nitrogens with zero attached hydrogens (tertiary/aromatic N) is 1. The Kier molecular flexibility index (Phi) is 1.71. The SMILES string of the molecule is CCCN(C)C1CC2(CC2)C1. The zero-order valence-corrected chi connectivity index (χ0v) is 7.77. The topological polar surface area (TPSA) is 3.24 Å². The van der Waals surface area contributed by atoms with Gasteiger partial charge in [-0.2, -0.15) is 0 Å². The van der Waals surface area contributed by atoms with Gasteiger partial charge in [0, 0.05) is 6.04 Å². The molecule has 0 aromatic rings. The maximum Gasteiger partial charge on any atom is 0.0103 e. The summed E-state index contributed by atoms with van der Waals surface area (Å²) in [6.07, 6.45) is 7.37. The predicted molar refractivity (Wildman–Crippen MR) is 47.6 cm³/mol. The summed E-state index contributed by atoms with van der Waals surface area (Å²) in [5.74, 6) is 0. The summed E-state index contributed by atoms with van der Waals surface area (Å²) in [6.45, 7) is 3.56. The fraction of sp³-hybridized carbons (Fsp3) is 1.00. The van der Waals surface area contributed by atoms with Crippen LogP contribution in [0.2, 0.25) is 0 Å². The zero-order valence-electron chi connectivity index (χ0n) is 7.77. The monoisotopic (exact) mass is 153 g/mol. The molecule has 1 nitrogen and oxygen atoms in total. The minimum absolute atomic E-state index is 0.882. The van der Waals surface area contributed by atoms with Gasteiger partial charge in [-0.1, -0.05) is 6.92 Å². The molecule has 2 aliphatic rings. The summed E-state index contributed by atoms with van der Waals surface area (Å²) >= 11 is 0. The van der Waals surface area contributed by atoms with E-state index >= 15 is 0 Å². The summed E-state index contributed by atoms with van der Waals surface area (Å²) in [5.41, 5.74) is 0.882. The fourth-order valence-electron chi connectivity index (χ4n) is 2.37. The molecule has 1 heteroatoms. The Bertz CT molecular complexity index is 141. The molecule has 2 fully saturated rings. The van der Waals surface area contributed by atoms with Crippen LogP contribution >= 0.6 is 0 Å². The summed E-state index contributed by atoms with van der Waals surface area (Å²) < 4.78 is 0. The van der Waals surface area contributed by atoms with E-state index in [0.717, 1.165) is 11.5 Å². The van der Waals surface area contributed by atoms with Gasteiger partial charge in [0.15, 0.2) is 0 Å². The Morgan fingerprint density at radius 1 is 1.36 bits per heavy atom. The van der Waals surface area contributed by atoms with Crippen LogP contribution in [-0.4, -0.2) is 24.5 Å². The molecule has 0 unspecified atom stereocenters. The molecule has 0 bridgehead atoms. The molecule has 11 heavy (non-hydrogen) atoms. The van der Waals surface area contributed by atoms with Crippen LogP contribution in [0.1, 0.15) is 39.0 Å². The van der Waals surface area contributed by atoms with Crippen molar-refractivity contribution < 1.29 is 0 Å². The van der Waals surface area contributed by atoms with Crippen LogP contribution in [0.3, 0.4) is 0 Å². The molecule has 0 aromatic carbocycles. The normalized spacial score (nSPS) is 27.5. The summed E-state index contributed by atoms with van der Waals surface area (Å²) in [7, 11) is 2.28. The third-order valence-corrected chi connectivity index (χ3v) is 3.49. The van der Waals surface area contributed by atoms with Crippen molar-refractivity contribution in [2.75, 3.05) is 13.6 Å². The number of rotatable bonds is 3. The minimum Gasteiger partial charge on any atom is -0.303 e. The second-order valence-corrected chi connectivity index (χ2v) is 4.54. The van der Waals surface area contributed by atoms with Crippen LogP contribution in [0.25, 0.3) is 0 Å². The highest BCUT2D eigenvalue weighted by Crippen LogP contribution is 2.61. The predicted octanol–water partition coefficient (Wildman–Crippen LogP) is 2.27. The average Bonchev–Trinajstić information content (AvgIpc) is 2.62. The quantitative estimate of drug-likeness (QED) is 0.601. The molecule has 2 saturated carbocycles. The van der Waals surface area contributed by atoms with Crippen molar-refractivity contribution in [2.24, 2.45) is 5.41 Å². The van der Waals surface area contributed by atoms with E-state index in [-0.39, 0.29) is 0 Å². The molecule has 2 rings (SSSR count). The van der Waals surface area contributed by atoms with E-state index < -0.39 is 0 Å². The Hall–Kier alpha value is -0.0400. The largest absolute Gasteiger partial charge is 0.303 e. The van der Waals surface area contributed by atoms with Gasteiger partial charge in [0.25, 0.3) is 0 Å². The van der Waals surface area contributed by atoms with E-state index in [4.69, 9.17) is 0 Å². The highest BCUT2D eigenvalue weighted by atomic mass is 15.1. The summed E-state index contributed by atoms with van der Waals surface area (Å²) in [5, 5.41) is 0. The second kappa shape index (κ2) is 2.48. The van der Waals surface area contributed by atoms with Gasteiger partial charge in [0.1, 0.15) is 0 Å². The molecule has 0 aliphatic heterocycles. The van der Waals surface area contributed by atoms with Gasteiger partial charge in [-0.15, -0.1) is 0 Å². The first-order valence-electron chi connectivity index (χ1n) is 4.96. The van der Waals surface area contributed by atoms with E-state index in [0.29, 0.717) is 0 Å². The van der Waals surface area contributed by atoms with Crippen molar-refractivity contribution in [1.29, 1.82) is 0 Å². The zero-order chi connectivity index (χ0) is 7.90. The van der Waals surface area contributed by atoms with E-state index in [1.807, 2.05) is 0 Å². The first kappa shape index (κ1) is 7.60. The Labute approximate surface area is 69.8 Å². The van der Waals surface area contributed by atoms with Crippen molar-refractivity contribution in [3.05, 3.63) is 0 Å². The Morgan fingerprint density at radius 3 is 2.45 bits per heavy atom. The smallest absolute Gasteiger partial charge is 0.0103 e. The molecule has 64 valence electrons. The van der Waals surface area contributed by atoms with E-state index in [1.165, 1.54) is 38.6 Å². The van der Waals surface area contributed by atoms with Crippen molar-refractivity contribution in [3.63, 3.8) is 0 Å². The van der Waals surface area contributed by atoms with Crippen LogP contribution in [0.4, 0.5) is 0 Å². The molecule has 0 radical (unpaired) electrons. The fourth-order valence-corrected chi connectivity index (χ4v) is 2.37. The first-order chi connectivity index (χ1) is 5.26. The molecule has 2 aliphatic carbocycles. The summed E-state index contributed by atoms with van der Waals surface area (Å²) in [4.78, 5) is 2.55. The first-order valence-corrected chi connectivity index (χ1v) is 4.96. The summed E-state index contributed by atoms with van der Waals surface area (Å²) in [6, 6.07) is 0.942. The average molecular weight is 153 g/mol. The maximum absolute atomic E-state index is 2.55. The lowest BCUT2D eigenvalue weighted by molar-refractivity contribution is 0.0861. The van der Waals surface area contributed by atoms with Gasteiger partial charge in [0.05, 0.1) is 0 Å². The molecular weight excluding hydrogens is 134 g/mol. The van der Waals surface area contributed by atoms with Gasteiger partial charge in [-0.25, -0.2) is 0 Å². The minimum atomic E-state index is 0.882. The molecule has 1 spiro atoms. The molecular formula is C10H19N. The van der Waals surface area contributed by atoms with Gasteiger partial charge >= 0.3 is 0 Å². The molecule has 0 saturated heterocycles. The Morgan fingerprint density at radius 2 is 2.00 bits per heavy atom. The molecule has 0 N–H and O–H groups in total. The number of hydrogen-bond donors (Lipinski definition) is 0. The van der Waals surface area contributed by atoms with E-state index in [1.54, 1.807) is 0 Å². The van der Waals surface area contributed by atoms with Gasteiger partial charge in [0.2, 0.25) is 0 Å². The van der Waals surface area contributed by atoms with Crippen LogP contribution in [0.5, 0.6) is 0 Å². The van der Waals surface area contributed by atoms with Crippen LogP contribution in [-0.2, 0) is 0 Å². The molecule has 0 heterocycles. The third kappa shape index (κ3) is 1.31. The van der Waals surface area contributed by atoms with Gasteiger partial charge in [-0.3, -0.25) is 0 Å². The van der Waals surface area contributed by atoms with Gasteiger partial charge in [-0.05, 0) is 51.1 Å². The van der Waals surface area contributed by atoms with Crippen molar-refractivity contribution in [1.82, 2.24) is 4.90 Å². The molecule has 0 atom stereocenters. The van der Waals surface area contributed by atoms with Crippen LogP contribution in [0.15, 0.2) is 0 Å². The van der Waals surface area contributed by atoms with Crippen LogP contribution in [0, 0.1) is 5.41 Å². The molecule has 0 aromatic heterocycles. The van der Waals surface area contributed by atoms with Gasteiger partial charge < -0.3 is 4.90 Å². The molecule has 0 amide bonds. The lowest BCUT2D eigenvalue weighted by atomic mass is 9.76. The van der Waals surface area contributed by atoms with Crippen molar-refractivity contribution in [2.45, 2.75) is 45.1 Å². The highest BCUT2D eigenvalue weighted by molar-refractivity contribution is 5.06. The highest BCUT2D eigenvalue weighted by Gasteiger charge is 2.53. The Balaban J connectivity index is 1.72. The van der Waals surface area contributed by atoms with E-state index in [2.05, 4.69) is 18.9 Å².